The van der Waals surface area contributed by atoms with Crippen LogP contribution in [0.1, 0.15) is 31.1 Å². The number of hydrogen-bond acceptors (Lipinski definition) is 6. The summed E-state index contributed by atoms with van der Waals surface area (Å²) in [4.78, 5) is 27.8. The predicted octanol–water partition coefficient (Wildman–Crippen LogP) is 1.17. The second-order valence-electron chi connectivity index (χ2n) is 6.24. The van der Waals surface area contributed by atoms with E-state index in [-0.39, 0.29) is 23.7 Å². The highest BCUT2D eigenvalue weighted by molar-refractivity contribution is 7.92. The first-order chi connectivity index (χ1) is 10.5. The van der Waals surface area contributed by atoms with E-state index in [1.54, 1.807) is 20.8 Å². The van der Waals surface area contributed by atoms with Gasteiger partial charge >= 0.3 is 12.1 Å². The van der Waals surface area contributed by atoms with E-state index in [1.807, 2.05) is 0 Å². The first-order valence-electron chi connectivity index (χ1n) is 6.92. The number of carboxylic acids is 1. The molecular formula is C14H18N2O6S. The third-order valence-corrected chi connectivity index (χ3v) is 5.19. The van der Waals surface area contributed by atoms with Crippen molar-refractivity contribution < 1.29 is 27.9 Å². The third kappa shape index (κ3) is 3.79. The van der Waals surface area contributed by atoms with Crippen molar-refractivity contribution in [2.24, 2.45) is 0 Å². The van der Waals surface area contributed by atoms with Crippen molar-refractivity contribution in [1.29, 1.82) is 0 Å². The Labute approximate surface area is 134 Å². The highest BCUT2D eigenvalue weighted by Crippen LogP contribution is 2.24. The summed E-state index contributed by atoms with van der Waals surface area (Å²) in [6.07, 6.45) is 0.567. The van der Waals surface area contributed by atoms with Gasteiger partial charge in [0.25, 0.3) is 0 Å². The van der Waals surface area contributed by atoms with Crippen LogP contribution in [0, 0.1) is 0 Å². The fourth-order valence-electron chi connectivity index (χ4n) is 1.98. The number of rotatable bonds is 3. The summed E-state index contributed by atoms with van der Waals surface area (Å²) in [5, 5.41) is 7.80. The predicted molar refractivity (Wildman–Crippen MR) is 80.0 cm³/mol. The molecule has 0 atom stereocenters. The maximum atomic E-state index is 12.4. The fourth-order valence-corrected chi connectivity index (χ4v) is 3.57. The van der Waals surface area contributed by atoms with Crippen molar-refractivity contribution in [1.82, 2.24) is 9.88 Å². The Morgan fingerprint density at radius 3 is 2.48 bits per heavy atom. The molecule has 126 valence electrons. The molecule has 0 bridgehead atoms. The molecule has 1 N–H and O–H groups in total. The number of aromatic nitrogens is 1. The molecular weight excluding hydrogens is 324 g/mol. The molecule has 1 fully saturated rings. The number of carbonyl (C=O) groups excluding carboxylic acids is 1. The van der Waals surface area contributed by atoms with Crippen LogP contribution in [0.5, 0.6) is 0 Å². The zero-order valence-corrected chi connectivity index (χ0v) is 13.8. The molecule has 0 saturated carbocycles. The van der Waals surface area contributed by atoms with Gasteiger partial charge in [0.2, 0.25) is 9.84 Å². The Bertz CT molecular complexity index is 732. The van der Waals surface area contributed by atoms with Crippen LogP contribution in [0.25, 0.3) is 0 Å². The fraction of sp³-hybridized carbons (Fsp3) is 0.500. The third-order valence-electron chi connectivity index (χ3n) is 3.21. The summed E-state index contributed by atoms with van der Waals surface area (Å²) in [7, 11) is -3.79. The van der Waals surface area contributed by atoms with Crippen molar-refractivity contribution in [3.05, 3.63) is 23.9 Å². The average Bonchev–Trinajstić information content (AvgIpc) is 2.34. The van der Waals surface area contributed by atoms with Gasteiger partial charge in [0.15, 0.2) is 5.03 Å². The van der Waals surface area contributed by atoms with E-state index in [2.05, 4.69) is 4.98 Å². The number of pyridine rings is 1. The van der Waals surface area contributed by atoms with Gasteiger partial charge in [-0.25, -0.2) is 23.0 Å². The van der Waals surface area contributed by atoms with Gasteiger partial charge in [-0.1, -0.05) is 0 Å². The van der Waals surface area contributed by atoms with Gasteiger partial charge in [-0.2, -0.15) is 0 Å². The summed E-state index contributed by atoms with van der Waals surface area (Å²) in [5.41, 5.74) is -0.805. The molecule has 0 aliphatic carbocycles. The average molecular weight is 342 g/mol. The topological polar surface area (TPSA) is 114 Å². The molecule has 0 spiro atoms. The van der Waals surface area contributed by atoms with E-state index >= 15 is 0 Å². The van der Waals surface area contributed by atoms with Crippen LogP contribution in [-0.2, 0) is 14.6 Å². The van der Waals surface area contributed by atoms with Gasteiger partial charge in [-0.15, -0.1) is 0 Å². The molecule has 2 heterocycles. The smallest absolute Gasteiger partial charge is 0.410 e. The van der Waals surface area contributed by atoms with Gasteiger partial charge in [0.05, 0.1) is 5.56 Å². The molecule has 1 aromatic rings. The standard InChI is InChI=1S/C14H18N2O6S/c1-14(2,3)22-13(19)16-7-10(8-16)23(20,21)11-6-9(12(17)18)4-5-15-11/h4-6,10H,7-8H2,1-3H3,(H,17,18). The highest BCUT2D eigenvalue weighted by Gasteiger charge is 2.42. The molecule has 1 aliphatic rings. The van der Waals surface area contributed by atoms with Gasteiger partial charge in [0, 0.05) is 19.3 Å². The van der Waals surface area contributed by atoms with Crippen LogP contribution >= 0.6 is 0 Å². The quantitative estimate of drug-likeness (QED) is 0.877. The lowest BCUT2D eigenvalue weighted by Crippen LogP contribution is -2.57. The highest BCUT2D eigenvalue weighted by atomic mass is 32.2. The molecule has 23 heavy (non-hydrogen) atoms. The molecule has 0 aromatic carbocycles. The normalized spacial score (nSPS) is 15.9. The van der Waals surface area contributed by atoms with Crippen LogP contribution in [-0.4, -0.2) is 59.4 Å². The number of ether oxygens (including phenoxy) is 1. The molecule has 8 nitrogen and oxygen atoms in total. The van der Waals surface area contributed by atoms with Crippen molar-refractivity contribution in [3.8, 4) is 0 Å². The number of carbonyl (C=O) groups is 2. The van der Waals surface area contributed by atoms with Gasteiger partial charge in [-0.05, 0) is 32.9 Å². The number of aromatic carboxylic acids is 1. The number of nitrogens with zero attached hydrogens (tertiary/aromatic N) is 2. The largest absolute Gasteiger partial charge is 0.478 e. The van der Waals surface area contributed by atoms with E-state index < -0.39 is 32.8 Å². The number of amides is 1. The van der Waals surface area contributed by atoms with Crippen LogP contribution in [0.3, 0.4) is 0 Å². The Morgan fingerprint density at radius 1 is 1.35 bits per heavy atom. The first-order valence-corrected chi connectivity index (χ1v) is 8.46. The Kier molecular flexibility index (Phi) is 4.34. The van der Waals surface area contributed by atoms with Crippen molar-refractivity contribution >= 4 is 21.9 Å². The molecule has 1 aromatic heterocycles. The van der Waals surface area contributed by atoms with Crippen molar-refractivity contribution in [3.63, 3.8) is 0 Å². The number of carboxylic acid groups (broad SMARTS) is 1. The van der Waals surface area contributed by atoms with Gasteiger partial charge < -0.3 is 14.7 Å². The van der Waals surface area contributed by atoms with Crippen LogP contribution < -0.4 is 0 Å². The summed E-state index contributed by atoms with van der Waals surface area (Å²) < 4.78 is 30.0. The lowest BCUT2D eigenvalue weighted by Gasteiger charge is -2.38. The number of hydrogen-bond donors (Lipinski definition) is 1. The molecule has 1 saturated heterocycles. The molecule has 1 aliphatic heterocycles. The number of likely N-dealkylation sites (tertiary alicyclic amines) is 1. The van der Waals surface area contributed by atoms with E-state index in [0.717, 1.165) is 12.3 Å². The Morgan fingerprint density at radius 2 is 1.96 bits per heavy atom. The molecule has 0 unspecified atom stereocenters. The van der Waals surface area contributed by atoms with Crippen LogP contribution in [0.2, 0.25) is 0 Å². The lowest BCUT2D eigenvalue weighted by atomic mass is 10.2. The van der Waals surface area contributed by atoms with Crippen molar-refractivity contribution in [2.45, 2.75) is 36.6 Å². The van der Waals surface area contributed by atoms with E-state index in [0.29, 0.717) is 0 Å². The minimum atomic E-state index is -3.79. The molecule has 9 heteroatoms. The first kappa shape index (κ1) is 17.2. The van der Waals surface area contributed by atoms with E-state index in [4.69, 9.17) is 9.84 Å². The van der Waals surface area contributed by atoms with Gasteiger partial charge in [0.1, 0.15) is 10.9 Å². The minimum Gasteiger partial charge on any atom is -0.478 e. The van der Waals surface area contributed by atoms with E-state index in [9.17, 15) is 18.0 Å². The van der Waals surface area contributed by atoms with E-state index in [1.165, 1.54) is 11.0 Å². The lowest BCUT2D eigenvalue weighted by molar-refractivity contribution is 0.0138. The molecule has 1 amide bonds. The van der Waals surface area contributed by atoms with Crippen LogP contribution in [0.4, 0.5) is 4.79 Å². The number of sulfone groups is 1. The monoisotopic (exact) mass is 342 g/mol. The summed E-state index contributed by atoms with van der Waals surface area (Å²) >= 11 is 0. The summed E-state index contributed by atoms with van der Waals surface area (Å²) in [5.74, 6) is -1.23. The molecule has 0 radical (unpaired) electrons. The SMILES string of the molecule is CC(C)(C)OC(=O)N1CC(S(=O)(=O)c2cc(C(=O)O)ccn2)C1. The summed E-state index contributed by atoms with van der Waals surface area (Å²) in [6.45, 7) is 5.16. The van der Waals surface area contributed by atoms with Gasteiger partial charge in [-0.3, -0.25) is 0 Å². The maximum Gasteiger partial charge on any atom is 0.410 e. The second-order valence-corrected chi connectivity index (χ2v) is 8.42. The molecule has 2 rings (SSSR count). The second kappa shape index (κ2) is 5.80. The zero-order chi connectivity index (χ0) is 17.4. The van der Waals surface area contributed by atoms with Crippen molar-refractivity contribution in [2.75, 3.05) is 13.1 Å². The summed E-state index contributed by atoms with van der Waals surface area (Å²) in [6, 6.07) is 2.24. The van der Waals surface area contributed by atoms with Crippen LogP contribution in [0.15, 0.2) is 23.4 Å². The Balaban J connectivity index is 2.08. The Hall–Kier alpha value is -2.16. The maximum absolute atomic E-state index is 12.4. The zero-order valence-electron chi connectivity index (χ0n) is 13.0. The minimum absolute atomic E-state index is 0.00374.